The number of amides is 2. The van der Waals surface area contributed by atoms with Gasteiger partial charge in [0.15, 0.2) is 0 Å². The van der Waals surface area contributed by atoms with Gasteiger partial charge in [-0.25, -0.2) is 4.79 Å². The Morgan fingerprint density at radius 3 is 2.23 bits per heavy atom. The minimum atomic E-state index is -1.00. The molecule has 4 atom stereocenters. The van der Waals surface area contributed by atoms with E-state index in [9.17, 15) is 19.5 Å². The Balaban J connectivity index is 3.08. The molecule has 1 rings (SSSR count). The number of carbonyl (C=O) groups is 3. The number of carboxylic acids is 1. The van der Waals surface area contributed by atoms with Crippen molar-refractivity contribution in [2.75, 3.05) is 20.6 Å². The lowest BCUT2D eigenvalue weighted by Gasteiger charge is -2.40. The molecule has 0 aromatic heterocycles. The molecule has 1 aliphatic heterocycles. The number of nitrogens with zero attached hydrogens (tertiary/aromatic N) is 2. The van der Waals surface area contributed by atoms with Crippen LogP contribution in [-0.4, -0.2) is 71.5 Å². The highest BCUT2D eigenvalue weighted by Gasteiger charge is 2.39. The molecule has 1 fully saturated rings. The van der Waals surface area contributed by atoms with Gasteiger partial charge in [-0.1, -0.05) is 54.0 Å². The van der Waals surface area contributed by atoms with Crippen molar-refractivity contribution >= 4 is 17.8 Å². The molecule has 1 heterocycles. The van der Waals surface area contributed by atoms with E-state index in [-0.39, 0.29) is 35.4 Å². The Bertz CT molecular complexity index is 681. The van der Waals surface area contributed by atoms with E-state index in [1.807, 2.05) is 41.7 Å². The van der Waals surface area contributed by atoms with Crippen molar-refractivity contribution in [1.82, 2.24) is 15.1 Å². The van der Waals surface area contributed by atoms with Gasteiger partial charge in [-0.2, -0.15) is 0 Å². The van der Waals surface area contributed by atoms with E-state index in [2.05, 4.69) is 17.1 Å². The number of likely N-dealkylation sites (tertiary alicyclic amines) is 1. The van der Waals surface area contributed by atoms with Gasteiger partial charge in [0.1, 0.15) is 6.04 Å². The number of hydrogen-bond donors (Lipinski definition) is 2. The quantitative estimate of drug-likeness (QED) is 0.570. The van der Waals surface area contributed by atoms with Gasteiger partial charge in [-0.05, 0) is 44.1 Å². The highest BCUT2D eigenvalue weighted by Crippen LogP contribution is 2.26. The van der Waals surface area contributed by atoms with Gasteiger partial charge in [0, 0.05) is 19.2 Å². The first kappa shape index (κ1) is 27.1. The lowest BCUT2D eigenvalue weighted by Crippen LogP contribution is -2.60. The molecular formula is C24H43N3O4. The minimum absolute atomic E-state index is 0.0232. The first-order valence-corrected chi connectivity index (χ1v) is 11.4. The maximum atomic E-state index is 13.5. The topological polar surface area (TPSA) is 90.0 Å². The van der Waals surface area contributed by atoms with E-state index < -0.39 is 17.4 Å². The number of rotatable bonds is 8. The maximum Gasteiger partial charge on any atom is 0.331 e. The predicted octanol–water partition coefficient (Wildman–Crippen LogP) is 3.15. The largest absolute Gasteiger partial charge is 0.478 e. The van der Waals surface area contributed by atoms with Gasteiger partial charge in [-0.15, -0.1) is 0 Å². The number of piperidine rings is 1. The van der Waals surface area contributed by atoms with Crippen LogP contribution >= 0.6 is 0 Å². The highest BCUT2D eigenvalue weighted by atomic mass is 16.4. The van der Waals surface area contributed by atoms with Crippen molar-refractivity contribution in [3.8, 4) is 0 Å². The Morgan fingerprint density at radius 2 is 1.81 bits per heavy atom. The van der Waals surface area contributed by atoms with Crippen LogP contribution in [0, 0.1) is 17.3 Å². The molecule has 0 aliphatic carbocycles. The first-order chi connectivity index (χ1) is 14.2. The van der Waals surface area contributed by atoms with E-state index in [4.69, 9.17) is 0 Å². The summed E-state index contributed by atoms with van der Waals surface area (Å²) in [6.07, 6.45) is 4.53. The van der Waals surface area contributed by atoms with Crippen molar-refractivity contribution in [1.29, 1.82) is 0 Å². The molecule has 31 heavy (non-hydrogen) atoms. The molecule has 0 radical (unpaired) electrons. The molecule has 1 saturated heterocycles. The average Bonchev–Trinajstić information content (AvgIpc) is 2.67. The lowest BCUT2D eigenvalue weighted by molar-refractivity contribution is -0.141. The van der Waals surface area contributed by atoms with Gasteiger partial charge < -0.3 is 15.3 Å². The van der Waals surface area contributed by atoms with Crippen LogP contribution in [0.2, 0.25) is 0 Å². The third-order valence-corrected chi connectivity index (χ3v) is 6.44. The van der Waals surface area contributed by atoms with Crippen LogP contribution in [-0.2, 0) is 14.4 Å². The highest BCUT2D eigenvalue weighted by molar-refractivity contribution is 5.91. The van der Waals surface area contributed by atoms with Crippen molar-refractivity contribution in [3.63, 3.8) is 0 Å². The van der Waals surface area contributed by atoms with Gasteiger partial charge in [0.2, 0.25) is 11.8 Å². The fourth-order valence-corrected chi connectivity index (χ4v) is 4.22. The molecule has 2 amide bonds. The number of hydrogen-bond acceptors (Lipinski definition) is 4. The third-order valence-electron chi connectivity index (χ3n) is 6.44. The van der Waals surface area contributed by atoms with E-state index in [1.54, 1.807) is 18.0 Å². The Kier molecular flexibility index (Phi) is 9.73. The van der Waals surface area contributed by atoms with Crippen molar-refractivity contribution < 1.29 is 19.5 Å². The number of aliphatic carboxylic acids is 1. The zero-order valence-corrected chi connectivity index (χ0v) is 20.9. The fourth-order valence-electron chi connectivity index (χ4n) is 4.22. The normalized spacial score (nSPS) is 22.7. The zero-order valence-electron chi connectivity index (χ0n) is 20.9. The molecular weight excluding hydrogens is 394 g/mol. The SMILES string of the molecule is CC[C@H]1CCC(C(=O)NC(C(=O)N(C)[C@H](/C=C(\C)C(=O)O)C(C)C)C(C)(C)C)N(C)C1. The van der Waals surface area contributed by atoms with E-state index in [1.165, 1.54) is 6.92 Å². The molecule has 0 saturated carbocycles. The fraction of sp³-hybridized carbons (Fsp3) is 0.792. The number of carbonyl (C=O) groups excluding carboxylic acids is 2. The minimum Gasteiger partial charge on any atom is -0.478 e. The lowest BCUT2D eigenvalue weighted by atomic mass is 9.84. The predicted molar refractivity (Wildman–Crippen MR) is 124 cm³/mol. The average molecular weight is 438 g/mol. The zero-order chi connectivity index (χ0) is 24.1. The van der Waals surface area contributed by atoms with Gasteiger partial charge in [0.25, 0.3) is 0 Å². The summed E-state index contributed by atoms with van der Waals surface area (Å²) < 4.78 is 0. The van der Waals surface area contributed by atoms with Gasteiger partial charge in [-0.3, -0.25) is 14.5 Å². The summed E-state index contributed by atoms with van der Waals surface area (Å²) in [7, 11) is 3.66. The standard InChI is InChI=1S/C24H43N3O4/c1-10-17-11-12-18(26(8)14-17)21(28)25-20(24(5,6)7)22(29)27(9)19(15(2)3)13-16(4)23(30)31/h13,15,17-20H,10-12,14H2,1-9H3,(H,25,28)(H,30,31)/b16-13+/t17-,18?,19+,20?/m0/s1. The molecule has 0 spiro atoms. The maximum absolute atomic E-state index is 13.5. The van der Waals surface area contributed by atoms with E-state index >= 15 is 0 Å². The van der Waals surface area contributed by atoms with Crippen LogP contribution in [0.4, 0.5) is 0 Å². The van der Waals surface area contributed by atoms with Crippen LogP contribution < -0.4 is 5.32 Å². The van der Waals surface area contributed by atoms with E-state index in [0.29, 0.717) is 5.92 Å². The molecule has 2 unspecified atom stereocenters. The van der Waals surface area contributed by atoms with Crippen molar-refractivity contribution in [3.05, 3.63) is 11.6 Å². The summed E-state index contributed by atoms with van der Waals surface area (Å²) >= 11 is 0. The Hall–Kier alpha value is -1.89. The Morgan fingerprint density at radius 1 is 1.23 bits per heavy atom. The van der Waals surface area contributed by atoms with Crippen LogP contribution in [0.3, 0.4) is 0 Å². The summed E-state index contributed by atoms with van der Waals surface area (Å²) in [4.78, 5) is 41.6. The van der Waals surface area contributed by atoms with Crippen LogP contribution in [0.25, 0.3) is 0 Å². The summed E-state index contributed by atoms with van der Waals surface area (Å²) in [6.45, 7) is 14.3. The molecule has 7 heteroatoms. The second-order valence-corrected chi connectivity index (χ2v) is 10.5. The van der Waals surface area contributed by atoms with Crippen molar-refractivity contribution in [2.24, 2.45) is 17.3 Å². The van der Waals surface area contributed by atoms with Crippen LogP contribution in [0.15, 0.2) is 11.6 Å². The van der Waals surface area contributed by atoms with Crippen molar-refractivity contribution in [2.45, 2.75) is 85.9 Å². The Labute approximate surface area is 188 Å². The third kappa shape index (κ3) is 7.34. The monoisotopic (exact) mass is 437 g/mol. The first-order valence-electron chi connectivity index (χ1n) is 11.4. The summed E-state index contributed by atoms with van der Waals surface area (Å²) in [5.41, 5.74) is -0.295. The summed E-state index contributed by atoms with van der Waals surface area (Å²) in [6, 6.07) is -1.32. The van der Waals surface area contributed by atoms with Crippen LogP contribution in [0.1, 0.15) is 67.7 Å². The number of carboxylic acid groups (broad SMARTS) is 1. The van der Waals surface area contributed by atoms with E-state index in [0.717, 1.165) is 25.8 Å². The molecule has 0 aromatic rings. The van der Waals surface area contributed by atoms with Crippen LogP contribution in [0.5, 0.6) is 0 Å². The second kappa shape index (κ2) is 11.1. The summed E-state index contributed by atoms with van der Waals surface area (Å²) in [5, 5.41) is 12.3. The molecule has 2 N–H and O–H groups in total. The molecule has 0 bridgehead atoms. The van der Waals surface area contributed by atoms with Gasteiger partial charge >= 0.3 is 5.97 Å². The smallest absolute Gasteiger partial charge is 0.331 e. The second-order valence-electron chi connectivity index (χ2n) is 10.5. The molecule has 0 aromatic carbocycles. The molecule has 7 nitrogen and oxygen atoms in total. The number of likely N-dealkylation sites (N-methyl/N-ethyl adjacent to an activating group) is 2. The summed E-state index contributed by atoms with van der Waals surface area (Å²) in [5.74, 6) is -0.694. The van der Waals surface area contributed by atoms with Gasteiger partial charge in [0.05, 0.1) is 12.1 Å². The number of nitrogens with one attached hydrogen (secondary N) is 1. The molecule has 1 aliphatic rings. The molecule has 178 valence electrons.